The maximum Gasteiger partial charge on any atom is 0.220 e. The molecular weight excluding hydrogens is 390 g/mol. The molecule has 2 atom stereocenters. The Kier molecular flexibility index (Phi) is 6.10. The van der Waals surface area contributed by atoms with Crippen LogP contribution in [0.2, 0.25) is 0 Å². The summed E-state index contributed by atoms with van der Waals surface area (Å²) in [7, 11) is 0. The molecule has 2 unspecified atom stereocenters. The van der Waals surface area contributed by atoms with Crippen LogP contribution in [0.25, 0.3) is 11.3 Å². The Hall–Kier alpha value is -2.96. The Bertz CT molecular complexity index is 1010. The number of carbonyl (C=O) groups is 3. The largest absolute Gasteiger partial charge is 0.354 e. The Morgan fingerprint density at radius 2 is 1.80 bits per heavy atom. The maximum absolute atomic E-state index is 14.1. The number of halogens is 2. The summed E-state index contributed by atoms with van der Waals surface area (Å²) in [5, 5.41) is 2.75. The van der Waals surface area contributed by atoms with Crippen LogP contribution in [0.15, 0.2) is 24.4 Å². The number of carbonyl (C=O) groups excluding carboxylic acids is 3. The van der Waals surface area contributed by atoms with Gasteiger partial charge in [-0.2, -0.15) is 0 Å². The minimum Gasteiger partial charge on any atom is -0.354 e. The van der Waals surface area contributed by atoms with Crippen molar-refractivity contribution >= 4 is 17.5 Å². The lowest BCUT2D eigenvalue weighted by atomic mass is 9.85. The van der Waals surface area contributed by atoms with Crippen LogP contribution in [-0.2, 0) is 14.4 Å². The summed E-state index contributed by atoms with van der Waals surface area (Å²) >= 11 is 0. The van der Waals surface area contributed by atoms with Crippen molar-refractivity contribution in [3.8, 4) is 11.3 Å². The van der Waals surface area contributed by atoms with Gasteiger partial charge in [0, 0.05) is 36.4 Å². The van der Waals surface area contributed by atoms with Crippen molar-refractivity contribution in [3.63, 3.8) is 0 Å². The highest BCUT2D eigenvalue weighted by molar-refractivity contribution is 6.15. The van der Waals surface area contributed by atoms with Gasteiger partial charge in [0.05, 0.1) is 6.20 Å². The molecule has 1 fully saturated rings. The molecule has 1 N–H and O–H groups in total. The topological polar surface area (TPSA) is 76.1 Å². The number of nitrogens with zero attached hydrogens (tertiary/aromatic N) is 1. The van der Waals surface area contributed by atoms with Crippen molar-refractivity contribution in [3.05, 3.63) is 52.7 Å². The zero-order chi connectivity index (χ0) is 22.2. The summed E-state index contributed by atoms with van der Waals surface area (Å²) < 4.78 is 27.3. The molecule has 0 spiro atoms. The van der Waals surface area contributed by atoms with E-state index in [1.54, 1.807) is 26.0 Å². The lowest BCUT2D eigenvalue weighted by molar-refractivity contribution is -0.128. The van der Waals surface area contributed by atoms with Gasteiger partial charge in [-0.3, -0.25) is 19.4 Å². The highest BCUT2D eigenvalue weighted by Gasteiger charge is 2.43. The first kappa shape index (κ1) is 21.7. The van der Waals surface area contributed by atoms with Gasteiger partial charge in [0.15, 0.2) is 11.6 Å². The van der Waals surface area contributed by atoms with Crippen molar-refractivity contribution in [2.75, 3.05) is 0 Å². The van der Waals surface area contributed by atoms with Gasteiger partial charge in [0.25, 0.3) is 0 Å². The number of aryl methyl sites for hydroxylation is 2. The summed E-state index contributed by atoms with van der Waals surface area (Å²) in [5.41, 5.74) is 2.32. The third kappa shape index (κ3) is 4.30. The van der Waals surface area contributed by atoms with E-state index in [0.717, 1.165) is 12.3 Å². The Morgan fingerprint density at radius 1 is 1.17 bits per heavy atom. The zero-order valence-electron chi connectivity index (χ0n) is 17.4. The summed E-state index contributed by atoms with van der Waals surface area (Å²) in [5.74, 6) is -3.85. The van der Waals surface area contributed by atoms with E-state index in [-0.39, 0.29) is 42.1 Å². The van der Waals surface area contributed by atoms with Gasteiger partial charge < -0.3 is 5.32 Å². The first-order valence-corrected chi connectivity index (χ1v) is 9.86. The third-order valence-corrected chi connectivity index (χ3v) is 5.30. The summed E-state index contributed by atoms with van der Waals surface area (Å²) in [6, 6.07) is 4.01. The van der Waals surface area contributed by atoms with Gasteiger partial charge in [-0.25, -0.2) is 8.78 Å². The van der Waals surface area contributed by atoms with Gasteiger partial charge in [0.2, 0.25) is 5.91 Å². The van der Waals surface area contributed by atoms with Gasteiger partial charge in [-0.1, -0.05) is 0 Å². The van der Waals surface area contributed by atoms with E-state index in [4.69, 9.17) is 0 Å². The second-order valence-corrected chi connectivity index (χ2v) is 8.14. The van der Waals surface area contributed by atoms with Gasteiger partial charge in [0.1, 0.15) is 23.2 Å². The van der Waals surface area contributed by atoms with E-state index in [0.29, 0.717) is 22.3 Å². The van der Waals surface area contributed by atoms with Crippen molar-refractivity contribution in [2.45, 2.75) is 52.5 Å². The first-order valence-electron chi connectivity index (χ1n) is 9.86. The molecule has 30 heavy (non-hydrogen) atoms. The Labute approximate surface area is 173 Å². The normalized spacial score (nSPS) is 18.9. The molecule has 5 nitrogen and oxygen atoms in total. The van der Waals surface area contributed by atoms with E-state index < -0.39 is 23.5 Å². The molecular formula is C23H24F2N2O3. The molecule has 2 aromatic rings. The van der Waals surface area contributed by atoms with Crippen LogP contribution >= 0.6 is 0 Å². The molecule has 1 aliphatic carbocycles. The van der Waals surface area contributed by atoms with Crippen molar-refractivity contribution in [1.29, 1.82) is 0 Å². The molecule has 1 aromatic heterocycles. The van der Waals surface area contributed by atoms with E-state index in [1.165, 1.54) is 0 Å². The average Bonchev–Trinajstić information content (AvgIpc) is 2.88. The number of Topliss-reactive ketones (excluding diaryl/α,β-unsaturated/α-hetero) is 2. The quantitative estimate of drug-likeness (QED) is 0.755. The second-order valence-electron chi connectivity index (χ2n) is 8.14. The standard InChI is InChI=1S/C23H24F2N2O3/c1-11(2)27-19(29)8-15-7-18(28)21(23(15)30)20-12(3)5-14(6-13(20)4)22-17(25)9-16(24)10-26-22/h5-6,9-11,15,21H,7-8H2,1-4H3,(H,27,29). The molecule has 1 amide bonds. The predicted molar refractivity (Wildman–Crippen MR) is 108 cm³/mol. The van der Waals surface area contributed by atoms with E-state index in [2.05, 4.69) is 10.3 Å². The Morgan fingerprint density at radius 3 is 2.37 bits per heavy atom. The van der Waals surface area contributed by atoms with Gasteiger partial charge >= 0.3 is 0 Å². The first-order chi connectivity index (χ1) is 14.1. The van der Waals surface area contributed by atoms with E-state index in [1.807, 2.05) is 13.8 Å². The molecule has 0 radical (unpaired) electrons. The molecule has 1 heterocycles. The number of ketones is 2. The van der Waals surface area contributed by atoms with Crippen LogP contribution in [0.1, 0.15) is 49.3 Å². The highest BCUT2D eigenvalue weighted by Crippen LogP contribution is 2.38. The lowest BCUT2D eigenvalue weighted by Gasteiger charge is -2.17. The number of benzene rings is 1. The smallest absolute Gasteiger partial charge is 0.220 e. The number of rotatable bonds is 5. The fourth-order valence-electron chi connectivity index (χ4n) is 4.13. The maximum atomic E-state index is 14.1. The minimum absolute atomic E-state index is 0.00135. The van der Waals surface area contributed by atoms with Crippen LogP contribution in [0.5, 0.6) is 0 Å². The second kappa shape index (κ2) is 8.42. The number of nitrogens with one attached hydrogen (secondary N) is 1. The highest BCUT2D eigenvalue weighted by atomic mass is 19.1. The van der Waals surface area contributed by atoms with Crippen molar-refractivity contribution < 1.29 is 23.2 Å². The lowest BCUT2D eigenvalue weighted by Crippen LogP contribution is -2.32. The fourth-order valence-corrected chi connectivity index (χ4v) is 4.13. The van der Waals surface area contributed by atoms with Crippen LogP contribution in [0, 0.1) is 31.4 Å². The van der Waals surface area contributed by atoms with E-state index in [9.17, 15) is 23.2 Å². The number of amides is 1. The molecule has 158 valence electrons. The monoisotopic (exact) mass is 414 g/mol. The number of hydrogen-bond donors (Lipinski definition) is 1. The van der Waals surface area contributed by atoms with Crippen molar-refractivity contribution in [2.24, 2.45) is 5.92 Å². The van der Waals surface area contributed by atoms with Crippen LogP contribution < -0.4 is 5.32 Å². The zero-order valence-corrected chi connectivity index (χ0v) is 17.4. The Balaban J connectivity index is 1.91. The molecule has 0 aliphatic heterocycles. The predicted octanol–water partition coefficient (Wildman–Crippen LogP) is 3.80. The molecule has 1 aliphatic rings. The molecule has 0 saturated heterocycles. The molecule has 7 heteroatoms. The number of hydrogen-bond acceptors (Lipinski definition) is 4. The fraction of sp³-hybridized carbons (Fsp3) is 0.391. The molecule has 1 aromatic carbocycles. The average molecular weight is 414 g/mol. The van der Waals surface area contributed by atoms with Crippen LogP contribution in [-0.4, -0.2) is 28.5 Å². The molecule has 3 rings (SSSR count). The summed E-state index contributed by atoms with van der Waals surface area (Å²) in [6.07, 6.45) is 0.956. The molecule has 0 bridgehead atoms. The number of pyridine rings is 1. The van der Waals surface area contributed by atoms with Gasteiger partial charge in [-0.05, 0) is 56.5 Å². The minimum atomic E-state index is -0.929. The summed E-state index contributed by atoms with van der Waals surface area (Å²) in [6.45, 7) is 7.14. The van der Waals surface area contributed by atoms with Crippen molar-refractivity contribution in [1.82, 2.24) is 10.3 Å². The third-order valence-electron chi connectivity index (χ3n) is 5.30. The SMILES string of the molecule is Cc1cc(-c2ncc(F)cc2F)cc(C)c1C1C(=O)CC(CC(=O)NC(C)C)C1=O. The summed E-state index contributed by atoms with van der Waals surface area (Å²) in [4.78, 5) is 41.5. The van der Waals surface area contributed by atoms with E-state index >= 15 is 0 Å². The van der Waals surface area contributed by atoms with Gasteiger partial charge in [-0.15, -0.1) is 0 Å². The molecule has 1 saturated carbocycles. The van der Waals surface area contributed by atoms with Crippen LogP contribution in [0.4, 0.5) is 8.78 Å². The number of aromatic nitrogens is 1. The van der Waals surface area contributed by atoms with Crippen LogP contribution in [0.3, 0.4) is 0 Å².